The second-order valence-corrected chi connectivity index (χ2v) is 6.33. The number of carbonyl (C=O) groups excluding carboxylic acids is 1. The van der Waals surface area contributed by atoms with Gasteiger partial charge in [-0.3, -0.25) is 9.89 Å². The summed E-state index contributed by atoms with van der Waals surface area (Å²) in [6, 6.07) is 14.5. The number of aromatic amines is 1. The lowest BCUT2D eigenvalue weighted by Gasteiger charge is -2.08. The monoisotopic (exact) mass is 408 g/mol. The normalized spacial score (nSPS) is 11.1. The first kappa shape index (κ1) is 20.9. The highest BCUT2D eigenvalue weighted by atomic mass is 16.5. The number of rotatable bonds is 8. The lowest BCUT2D eigenvalue weighted by atomic mass is 10.1. The number of nitrogens with zero attached hydrogens (tertiary/aromatic N) is 2. The SMILES string of the molecule is CCOc1ccc(/C(C)=N/NC(=O)c2cc(-c3cc(OC)ccc3OC)n[nH]2)cc1. The minimum atomic E-state index is -0.402. The molecule has 0 atom stereocenters. The van der Waals surface area contributed by atoms with Crippen molar-refractivity contribution in [2.75, 3.05) is 20.8 Å². The molecule has 1 amide bonds. The van der Waals surface area contributed by atoms with Gasteiger partial charge in [0.2, 0.25) is 0 Å². The second kappa shape index (κ2) is 9.60. The maximum absolute atomic E-state index is 12.5. The van der Waals surface area contributed by atoms with Crippen molar-refractivity contribution in [3.05, 3.63) is 59.8 Å². The quantitative estimate of drug-likeness (QED) is 0.438. The minimum absolute atomic E-state index is 0.276. The second-order valence-electron chi connectivity index (χ2n) is 6.33. The number of carbonyl (C=O) groups is 1. The first-order valence-corrected chi connectivity index (χ1v) is 9.41. The fourth-order valence-electron chi connectivity index (χ4n) is 2.81. The van der Waals surface area contributed by atoms with Crippen LogP contribution < -0.4 is 19.6 Å². The van der Waals surface area contributed by atoms with Crippen molar-refractivity contribution in [3.8, 4) is 28.5 Å². The molecule has 3 rings (SSSR count). The van der Waals surface area contributed by atoms with Gasteiger partial charge in [0.15, 0.2) is 0 Å². The first-order valence-electron chi connectivity index (χ1n) is 9.41. The molecule has 0 radical (unpaired) electrons. The molecule has 0 fully saturated rings. The Morgan fingerprint density at radius 3 is 2.47 bits per heavy atom. The Balaban J connectivity index is 1.73. The molecule has 0 spiro atoms. The Morgan fingerprint density at radius 1 is 1.07 bits per heavy atom. The molecule has 2 N–H and O–H groups in total. The number of ether oxygens (including phenoxy) is 3. The number of nitrogens with one attached hydrogen (secondary N) is 2. The summed E-state index contributed by atoms with van der Waals surface area (Å²) in [4.78, 5) is 12.5. The van der Waals surface area contributed by atoms with Crippen LogP contribution in [0, 0.1) is 0 Å². The van der Waals surface area contributed by atoms with E-state index in [-0.39, 0.29) is 5.69 Å². The van der Waals surface area contributed by atoms with Gasteiger partial charge in [-0.05, 0) is 67.9 Å². The van der Waals surface area contributed by atoms with Crippen LogP contribution in [0.25, 0.3) is 11.3 Å². The topological polar surface area (TPSA) is 97.8 Å². The van der Waals surface area contributed by atoms with Crippen LogP contribution in [0.5, 0.6) is 17.2 Å². The summed E-state index contributed by atoms with van der Waals surface area (Å²) < 4.78 is 16.1. The number of amides is 1. The third-order valence-corrected chi connectivity index (χ3v) is 4.41. The Hall–Kier alpha value is -3.81. The molecule has 0 aliphatic rings. The van der Waals surface area contributed by atoms with E-state index in [9.17, 15) is 4.79 Å². The Labute approximate surface area is 174 Å². The zero-order valence-electron chi connectivity index (χ0n) is 17.4. The van der Waals surface area contributed by atoms with Crippen molar-refractivity contribution in [1.82, 2.24) is 15.6 Å². The van der Waals surface area contributed by atoms with Crippen molar-refractivity contribution < 1.29 is 19.0 Å². The van der Waals surface area contributed by atoms with Gasteiger partial charge in [-0.25, -0.2) is 5.43 Å². The number of aromatic nitrogens is 2. The molecule has 1 aromatic heterocycles. The molecule has 0 unspecified atom stereocenters. The lowest BCUT2D eigenvalue weighted by Crippen LogP contribution is -2.19. The van der Waals surface area contributed by atoms with Gasteiger partial charge in [-0.15, -0.1) is 0 Å². The summed E-state index contributed by atoms with van der Waals surface area (Å²) >= 11 is 0. The van der Waals surface area contributed by atoms with E-state index in [0.717, 1.165) is 11.3 Å². The van der Waals surface area contributed by atoms with Gasteiger partial charge in [-0.2, -0.15) is 10.2 Å². The molecule has 2 aromatic carbocycles. The Kier molecular flexibility index (Phi) is 6.69. The van der Waals surface area contributed by atoms with E-state index in [0.29, 0.717) is 35.1 Å². The van der Waals surface area contributed by atoms with Crippen LogP contribution in [0.15, 0.2) is 53.6 Å². The van der Waals surface area contributed by atoms with E-state index >= 15 is 0 Å². The highest BCUT2D eigenvalue weighted by Gasteiger charge is 2.15. The molecule has 156 valence electrons. The predicted molar refractivity (Wildman–Crippen MR) is 114 cm³/mol. The summed E-state index contributed by atoms with van der Waals surface area (Å²) in [6.07, 6.45) is 0. The standard InChI is InChI=1S/C22H24N4O4/c1-5-30-16-8-6-15(7-9-16)14(2)23-26-22(27)20-13-19(24-25-20)18-12-17(28-3)10-11-21(18)29-4/h6-13H,5H2,1-4H3,(H,24,25)(H,26,27)/b23-14+. The molecular weight excluding hydrogens is 384 g/mol. The van der Waals surface area contributed by atoms with E-state index < -0.39 is 5.91 Å². The van der Waals surface area contributed by atoms with Crippen LogP contribution in [0.2, 0.25) is 0 Å². The van der Waals surface area contributed by atoms with E-state index in [1.165, 1.54) is 0 Å². The van der Waals surface area contributed by atoms with Crippen molar-refractivity contribution in [3.63, 3.8) is 0 Å². The van der Waals surface area contributed by atoms with Crippen LogP contribution in [-0.2, 0) is 0 Å². The van der Waals surface area contributed by atoms with Crippen LogP contribution in [0.4, 0.5) is 0 Å². The summed E-state index contributed by atoms with van der Waals surface area (Å²) in [5, 5.41) is 11.1. The van der Waals surface area contributed by atoms with Crippen molar-refractivity contribution in [1.29, 1.82) is 0 Å². The fraction of sp³-hybridized carbons (Fsp3) is 0.227. The Morgan fingerprint density at radius 2 is 1.80 bits per heavy atom. The zero-order valence-corrected chi connectivity index (χ0v) is 17.4. The largest absolute Gasteiger partial charge is 0.497 e. The van der Waals surface area contributed by atoms with Gasteiger partial charge < -0.3 is 14.2 Å². The average molecular weight is 408 g/mol. The van der Waals surface area contributed by atoms with Crippen molar-refractivity contribution >= 4 is 11.6 Å². The summed E-state index contributed by atoms with van der Waals surface area (Å²) in [6.45, 7) is 4.35. The molecule has 0 aliphatic heterocycles. The number of hydrogen-bond acceptors (Lipinski definition) is 6. The van der Waals surface area contributed by atoms with Gasteiger partial charge in [0.1, 0.15) is 22.9 Å². The maximum atomic E-state index is 12.5. The number of benzene rings is 2. The summed E-state index contributed by atoms with van der Waals surface area (Å²) in [5.41, 5.74) is 5.63. The van der Waals surface area contributed by atoms with E-state index in [1.54, 1.807) is 38.5 Å². The van der Waals surface area contributed by atoms with Crippen LogP contribution in [0.3, 0.4) is 0 Å². The summed E-state index contributed by atoms with van der Waals surface area (Å²) in [5.74, 6) is 1.67. The molecule has 8 heteroatoms. The molecule has 0 saturated heterocycles. The highest BCUT2D eigenvalue weighted by Crippen LogP contribution is 2.32. The molecule has 30 heavy (non-hydrogen) atoms. The minimum Gasteiger partial charge on any atom is -0.497 e. The van der Waals surface area contributed by atoms with Crippen molar-refractivity contribution in [2.45, 2.75) is 13.8 Å². The van der Waals surface area contributed by atoms with Crippen LogP contribution >= 0.6 is 0 Å². The lowest BCUT2D eigenvalue weighted by molar-refractivity contribution is 0.0950. The molecule has 1 heterocycles. The smallest absolute Gasteiger partial charge is 0.289 e. The maximum Gasteiger partial charge on any atom is 0.289 e. The molecule has 0 aliphatic carbocycles. The predicted octanol–water partition coefficient (Wildman–Crippen LogP) is 3.65. The number of methoxy groups -OCH3 is 2. The van der Waals surface area contributed by atoms with Crippen LogP contribution in [0.1, 0.15) is 29.9 Å². The average Bonchev–Trinajstić information content (AvgIpc) is 3.27. The van der Waals surface area contributed by atoms with Gasteiger partial charge >= 0.3 is 0 Å². The van der Waals surface area contributed by atoms with Crippen molar-refractivity contribution in [2.24, 2.45) is 5.10 Å². The first-order chi connectivity index (χ1) is 14.5. The van der Waals surface area contributed by atoms with E-state index in [1.807, 2.05) is 38.1 Å². The third kappa shape index (κ3) is 4.78. The fourth-order valence-corrected chi connectivity index (χ4v) is 2.81. The van der Waals surface area contributed by atoms with E-state index in [2.05, 4.69) is 20.7 Å². The molecule has 8 nitrogen and oxygen atoms in total. The third-order valence-electron chi connectivity index (χ3n) is 4.41. The molecule has 0 saturated carbocycles. The van der Waals surface area contributed by atoms with E-state index in [4.69, 9.17) is 14.2 Å². The van der Waals surface area contributed by atoms with Gasteiger partial charge in [0.05, 0.1) is 32.2 Å². The van der Waals surface area contributed by atoms with Crippen LogP contribution in [-0.4, -0.2) is 42.6 Å². The molecule has 0 bridgehead atoms. The Bertz CT molecular complexity index is 1040. The summed E-state index contributed by atoms with van der Waals surface area (Å²) in [7, 11) is 3.16. The highest BCUT2D eigenvalue weighted by molar-refractivity contribution is 6.00. The van der Waals surface area contributed by atoms with Gasteiger partial charge in [0.25, 0.3) is 5.91 Å². The number of hydrazone groups is 1. The van der Waals surface area contributed by atoms with Gasteiger partial charge in [0, 0.05) is 5.56 Å². The van der Waals surface area contributed by atoms with Gasteiger partial charge in [-0.1, -0.05) is 0 Å². The number of hydrogen-bond donors (Lipinski definition) is 2. The molecular formula is C22H24N4O4. The number of H-pyrrole nitrogens is 1. The zero-order chi connectivity index (χ0) is 21.5. The molecule has 3 aromatic rings.